The van der Waals surface area contributed by atoms with Crippen LogP contribution in [0.4, 0.5) is 5.82 Å². The van der Waals surface area contributed by atoms with Crippen molar-refractivity contribution >= 4 is 21.7 Å². The van der Waals surface area contributed by atoms with Gasteiger partial charge in [-0.25, -0.2) is 4.98 Å². The van der Waals surface area contributed by atoms with Crippen LogP contribution in [0.25, 0.3) is 0 Å². The molecule has 92 valence electrons. The average molecular weight is 307 g/mol. The number of ether oxygens (including phenoxy) is 2. The molecule has 0 aliphatic carbocycles. The fourth-order valence-electron chi connectivity index (χ4n) is 1.72. The molecule has 0 unspecified atom stereocenters. The van der Waals surface area contributed by atoms with E-state index in [-0.39, 0.29) is 0 Å². The first-order chi connectivity index (χ1) is 8.81. The maximum absolute atomic E-state index is 5.34. The lowest BCUT2D eigenvalue weighted by molar-refractivity contribution is 0.174. The fraction of sp³-hybridized carbons (Fsp3) is 0.154. The molecule has 1 aliphatic rings. The number of hydrogen-bond acceptors (Lipinski definition) is 4. The molecule has 0 radical (unpaired) electrons. The lowest BCUT2D eigenvalue weighted by atomic mass is 10.2. The molecule has 0 spiro atoms. The molecule has 2 aromatic rings. The standard InChI is InChI=1S/C13H11BrN2O2/c14-10-2-4-13(16-7-10)15-6-9-1-3-11-12(5-9)18-8-17-11/h1-5,7H,6,8H2,(H,15,16). The summed E-state index contributed by atoms with van der Waals surface area (Å²) >= 11 is 3.35. The number of aromatic nitrogens is 1. The van der Waals surface area contributed by atoms with E-state index in [9.17, 15) is 0 Å². The Morgan fingerprint density at radius 3 is 2.89 bits per heavy atom. The Bertz CT molecular complexity index is 557. The van der Waals surface area contributed by atoms with Crippen LogP contribution in [0.5, 0.6) is 11.5 Å². The van der Waals surface area contributed by atoms with E-state index >= 15 is 0 Å². The van der Waals surface area contributed by atoms with Crippen LogP contribution < -0.4 is 14.8 Å². The van der Waals surface area contributed by atoms with Gasteiger partial charge >= 0.3 is 0 Å². The zero-order valence-corrected chi connectivity index (χ0v) is 11.1. The first-order valence-electron chi connectivity index (χ1n) is 5.55. The topological polar surface area (TPSA) is 43.4 Å². The number of benzene rings is 1. The molecule has 4 nitrogen and oxygen atoms in total. The maximum Gasteiger partial charge on any atom is 0.231 e. The molecule has 0 fully saturated rings. The summed E-state index contributed by atoms with van der Waals surface area (Å²) in [6.07, 6.45) is 1.77. The normalized spacial score (nSPS) is 12.5. The molecule has 1 N–H and O–H groups in total. The Labute approximate surface area is 113 Å². The van der Waals surface area contributed by atoms with Crippen LogP contribution in [-0.2, 0) is 6.54 Å². The van der Waals surface area contributed by atoms with Crippen molar-refractivity contribution in [1.82, 2.24) is 4.98 Å². The quantitative estimate of drug-likeness (QED) is 0.946. The summed E-state index contributed by atoms with van der Waals surface area (Å²) in [5.74, 6) is 2.45. The largest absolute Gasteiger partial charge is 0.454 e. The Balaban J connectivity index is 1.68. The maximum atomic E-state index is 5.34. The van der Waals surface area contributed by atoms with E-state index in [1.165, 1.54) is 0 Å². The zero-order valence-electron chi connectivity index (χ0n) is 9.52. The van der Waals surface area contributed by atoms with Crippen molar-refractivity contribution in [1.29, 1.82) is 0 Å². The Morgan fingerprint density at radius 2 is 2.06 bits per heavy atom. The number of hydrogen-bond donors (Lipinski definition) is 1. The molecule has 1 aromatic heterocycles. The first-order valence-corrected chi connectivity index (χ1v) is 6.34. The van der Waals surface area contributed by atoms with Gasteiger partial charge in [0.15, 0.2) is 11.5 Å². The van der Waals surface area contributed by atoms with Gasteiger partial charge in [-0.1, -0.05) is 6.07 Å². The van der Waals surface area contributed by atoms with Crippen molar-refractivity contribution in [3.05, 3.63) is 46.6 Å². The van der Waals surface area contributed by atoms with E-state index < -0.39 is 0 Å². The molecule has 0 atom stereocenters. The van der Waals surface area contributed by atoms with Gasteiger partial charge in [0.1, 0.15) is 5.82 Å². The molecular weight excluding hydrogens is 296 g/mol. The van der Waals surface area contributed by atoms with E-state index in [0.29, 0.717) is 13.3 Å². The molecule has 0 saturated carbocycles. The highest BCUT2D eigenvalue weighted by molar-refractivity contribution is 9.10. The molecule has 1 aromatic carbocycles. The van der Waals surface area contributed by atoms with Gasteiger partial charge in [0.05, 0.1) is 0 Å². The highest BCUT2D eigenvalue weighted by atomic mass is 79.9. The van der Waals surface area contributed by atoms with Crippen molar-refractivity contribution in [2.75, 3.05) is 12.1 Å². The summed E-state index contributed by atoms with van der Waals surface area (Å²) < 4.78 is 11.6. The Hall–Kier alpha value is -1.75. The third-order valence-electron chi connectivity index (χ3n) is 2.64. The van der Waals surface area contributed by atoms with Gasteiger partial charge in [-0.3, -0.25) is 0 Å². The SMILES string of the molecule is Brc1ccc(NCc2ccc3c(c2)OCO3)nc1. The highest BCUT2D eigenvalue weighted by Gasteiger charge is 2.12. The average Bonchev–Trinajstić information content (AvgIpc) is 2.85. The smallest absolute Gasteiger partial charge is 0.231 e. The van der Waals surface area contributed by atoms with Crippen molar-refractivity contribution in [2.45, 2.75) is 6.54 Å². The monoisotopic (exact) mass is 306 g/mol. The minimum absolute atomic E-state index is 0.306. The van der Waals surface area contributed by atoms with E-state index in [0.717, 1.165) is 27.4 Å². The summed E-state index contributed by atoms with van der Waals surface area (Å²) in [7, 11) is 0. The van der Waals surface area contributed by atoms with Gasteiger partial charge < -0.3 is 14.8 Å². The molecule has 2 heterocycles. The van der Waals surface area contributed by atoms with Crippen molar-refractivity contribution in [3.8, 4) is 11.5 Å². The van der Waals surface area contributed by atoms with Crippen LogP contribution in [0.3, 0.4) is 0 Å². The van der Waals surface area contributed by atoms with E-state index in [2.05, 4.69) is 26.2 Å². The lowest BCUT2D eigenvalue weighted by Crippen LogP contribution is -2.00. The number of pyridine rings is 1. The van der Waals surface area contributed by atoms with Crippen LogP contribution in [0.1, 0.15) is 5.56 Å². The molecule has 3 rings (SSSR count). The fourth-order valence-corrected chi connectivity index (χ4v) is 1.96. The predicted octanol–water partition coefficient (Wildman–Crippen LogP) is 3.18. The van der Waals surface area contributed by atoms with Gasteiger partial charge in [0.25, 0.3) is 0 Å². The van der Waals surface area contributed by atoms with Crippen molar-refractivity contribution < 1.29 is 9.47 Å². The number of fused-ring (bicyclic) bond motifs is 1. The number of halogens is 1. The van der Waals surface area contributed by atoms with Gasteiger partial charge in [-0.15, -0.1) is 0 Å². The van der Waals surface area contributed by atoms with E-state index in [1.807, 2.05) is 30.3 Å². The molecule has 0 saturated heterocycles. The second-order valence-corrected chi connectivity index (χ2v) is 4.82. The third kappa shape index (κ3) is 2.41. The third-order valence-corrected chi connectivity index (χ3v) is 3.11. The molecule has 5 heteroatoms. The molecule has 1 aliphatic heterocycles. The summed E-state index contributed by atoms with van der Waals surface area (Å²) in [6.45, 7) is 1.01. The number of nitrogens with one attached hydrogen (secondary N) is 1. The predicted molar refractivity (Wildman–Crippen MR) is 71.8 cm³/mol. The zero-order chi connectivity index (χ0) is 12.4. The molecule has 18 heavy (non-hydrogen) atoms. The minimum atomic E-state index is 0.306. The molecule has 0 bridgehead atoms. The number of rotatable bonds is 3. The highest BCUT2D eigenvalue weighted by Crippen LogP contribution is 2.32. The number of anilines is 1. The Morgan fingerprint density at radius 1 is 1.17 bits per heavy atom. The molecule has 0 amide bonds. The van der Waals surface area contributed by atoms with Gasteiger partial charge in [-0.2, -0.15) is 0 Å². The van der Waals surface area contributed by atoms with Gasteiger partial charge in [-0.05, 0) is 45.8 Å². The molecular formula is C13H11BrN2O2. The Kier molecular flexibility index (Phi) is 3.06. The summed E-state index contributed by atoms with van der Waals surface area (Å²) in [5.41, 5.74) is 1.13. The summed E-state index contributed by atoms with van der Waals surface area (Å²) in [5, 5.41) is 3.25. The van der Waals surface area contributed by atoms with Crippen LogP contribution in [-0.4, -0.2) is 11.8 Å². The van der Waals surface area contributed by atoms with Crippen LogP contribution in [0.2, 0.25) is 0 Å². The summed E-state index contributed by atoms with van der Waals surface area (Å²) in [6, 6.07) is 9.80. The van der Waals surface area contributed by atoms with Crippen LogP contribution in [0.15, 0.2) is 41.0 Å². The minimum Gasteiger partial charge on any atom is -0.454 e. The lowest BCUT2D eigenvalue weighted by Gasteiger charge is -2.06. The van der Waals surface area contributed by atoms with Crippen LogP contribution >= 0.6 is 15.9 Å². The van der Waals surface area contributed by atoms with Crippen molar-refractivity contribution in [2.24, 2.45) is 0 Å². The van der Waals surface area contributed by atoms with Crippen molar-refractivity contribution in [3.63, 3.8) is 0 Å². The van der Waals surface area contributed by atoms with E-state index in [4.69, 9.17) is 9.47 Å². The van der Waals surface area contributed by atoms with E-state index in [1.54, 1.807) is 6.20 Å². The first kappa shape index (κ1) is 11.3. The second-order valence-electron chi connectivity index (χ2n) is 3.90. The van der Waals surface area contributed by atoms with Crippen LogP contribution in [0, 0.1) is 0 Å². The number of nitrogens with zero attached hydrogens (tertiary/aromatic N) is 1. The summed E-state index contributed by atoms with van der Waals surface area (Å²) in [4.78, 5) is 4.25. The van der Waals surface area contributed by atoms with Gasteiger partial charge in [0.2, 0.25) is 6.79 Å². The second kappa shape index (κ2) is 4.86. The van der Waals surface area contributed by atoms with Gasteiger partial charge in [0, 0.05) is 17.2 Å².